The van der Waals surface area contributed by atoms with Crippen LogP contribution in [0.1, 0.15) is 37.5 Å². The average Bonchev–Trinajstić information content (AvgIpc) is 3.28. The van der Waals surface area contributed by atoms with Crippen molar-refractivity contribution in [3.8, 4) is 0 Å². The first-order valence-corrected chi connectivity index (χ1v) is 12.4. The molecule has 0 spiro atoms. The van der Waals surface area contributed by atoms with Crippen molar-refractivity contribution in [2.45, 2.75) is 36.8 Å². The topological polar surface area (TPSA) is 63.7 Å². The third-order valence-electron chi connectivity index (χ3n) is 5.75. The van der Waals surface area contributed by atoms with Gasteiger partial charge in [0.15, 0.2) is 9.84 Å². The maximum absolute atomic E-state index is 14.8. The minimum Gasteiger partial charge on any atom is -0.449 e. The zero-order valence-corrected chi connectivity index (χ0v) is 19.5. The zero-order valence-electron chi connectivity index (χ0n) is 17.9. The monoisotopic (exact) mass is 485 g/mol. The Morgan fingerprint density at radius 2 is 1.72 bits per heavy atom. The smallest absolute Gasteiger partial charge is 0.409 e. The Hall–Kier alpha value is -2.19. The fraction of sp³-hybridized carbons (Fsp3) is 0.435. The number of hydrogen-bond donors (Lipinski definition) is 0. The molecule has 1 fully saturated rings. The number of rotatable bonds is 7. The van der Waals surface area contributed by atoms with Gasteiger partial charge in [-0.05, 0) is 61.2 Å². The van der Waals surface area contributed by atoms with Crippen LogP contribution in [0.3, 0.4) is 0 Å². The van der Waals surface area contributed by atoms with Crippen LogP contribution in [0, 0.1) is 23.5 Å². The van der Waals surface area contributed by atoms with Gasteiger partial charge in [-0.1, -0.05) is 25.4 Å². The molecule has 3 rings (SSSR count). The summed E-state index contributed by atoms with van der Waals surface area (Å²) in [6.45, 7) is 4.43. The maximum Gasteiger partial charge on any atom is 0.409 e. The molecular weight excluding hydrogens is 460 g/mol. The number of amides is 1. The van der Waals surface area contributed by atoms with E-state index >= 15 is 0 Å². The normalized spacial score (nSPS) is 16.2. The number of hydrogen-bond acceptors (Lipinski definition) is 4. The summed E-state index contributed by atoms with van der Waals surface area (Å²) in [4.78, 5) is 13.9. The number of carbonyl (C=O) groups excluding carboxylic acids is 1. The number of sulfone groups is 1. The van der Waals surface area contributed by atoms with Gasteiger partial charge in [0.25, 0.3) is 0 Å². The predicted octanol–water partition coefficient (Wildman–Crippen LogP) is 5.64. The summed E-state index contributed by atoms with van der Waals surface area (Å²) in [6, 6.07) is 8.23. The molecule has 1 aliphatic heterocycles. The highest BCUT2D eigenvalue weighted by atomic mass is 35.5. The summed E-state index contributed by atoms with van der Waals surface area (Å²) in [5.41, 5.74) is -0.295. The van der Waals surface area contributed by atoms with Crippen molar-refractivity contribution in [1.82, 2.24) is 4.90 Å². The van der Waals surface area contributed by atoms with Crippen molar-refractivity contribution < 1.29 is 26.7 Å². The van der Waals surface area contributed by atoms with Crippen molar-refractivity contribution in [2.24, 2.45) is 11.8 Å². The van der Waals surface area contributed by atoms with E-state index in [1.807, 2.05) is 0 Å². The van der Waals surface area contributed by atoms with Crippen LogP contribution in [0.5, 0.6) is 0 Å². The van der Waals surface area contributed by atoms with E-state index in [2.05, 4.69) is 0 Å². The molecule has 1 amide bonds. The average molecular weight is 486 g/mol. The molecule has 1 heterocycles. The molecule has 0 bridgehead atoms. The summed E-state index contributed by atoms with van der Waals surface area (Å²) in [5.74, 6) is -2.74. The molecule has 1 saturated heterocycles. The van der Waals surface area contributed by atoms with Gasteiger partial charge in [0.2, 0.25) is 0 Å². The van der Waals surface area contributed by atoms with E-state index in [4.69, 9.17) is 16.3 Å². The number of ether oxygens (including phenoxy) is 1. The lowest BCUT2D eigenvalue weighted by Crippen LogP contribution is -2.34. The summed E-state index contributed by atoms with van der Waals surface area (Å²) in [7, 11) is -4.19. The van der Waals surface area contributed by atoms with Crippen molar-refractivity contribution in [3.63, 3.8) is 0 Å². The first kappa shape index (κ1) is 24.5. The van der Waals surface area contributed by atoms with Gasteiger partial charge >= 0.3 is 6.09 Å². The van der Waals surface area contributed by atoms with Gasteiger partial charge in [0.05, 0.1) is 16.8 Å². The van der Waals surface area contributed by atoms with Crippen LogP contribution >= 0.6 is 11.6 Å². The predicted molar refractivity (Wildman–Crippen MR) is 118 cm³/mol. The fourth-order valence-electron chi connectivity index (χ4n) is 3.92. The first-order chi connectivity index (χ1) is 15.1. The van der Waals surface area contributed by atoms with E-state index in [1.54, 1.807) is 18.7 Å². The lowest BCUT2D eigenvalue weighted by Gasteiger charge is -2.31. The standard InChI is InChI=1S/C23H26ClF2NO4S/c1-15(2)20(14-31-23(28)27-11-3-4-12-27)22(19-13-17(25)7-10-21(19)26)32(29,30)18-8-5-16(24)6-9-18/h5-10,13,15,20,22H,3-4,11-12,14H2,1-2H3/t20-,22-/m0/s1. The van der Waals surface area contributed by atoms with Crippen molar-refractivity contribution in [3.05, 3.63) is 64.7 Å². The van der Waals surface area contributed by atoms with Crippen LogP contribution in [0.25, 0.3) is 0 Å². The molecule has 0 N–H and O–H groups in total. The number of nitrogens with zero attached hydrogens (tertiary/aromatic N) is 1. The van der Waals surface area contributed by atoms with Gasteiger partial charge in [-0.2, -0.15) is 0 Å². The molecule has 1 aliphatic rings. The third-order valence-corrected chi connectivity index (χ3v) is 8.20. The molecular formula is C23H26ClF2NO4S. The second kappa shape index (κ2) is 10.2. The Bertz CT molecular complexity index is 1050. The largest absolute Gasteiger partial charge is 0.449 e. The Kier molecular flexibility index (Phi) is 7.77. The maximum atomic E-state index is 14.8. The van der Waals surface area contributed by atoms with Gasteiger partial charge in [-0.15, -0.1) is 0 Å². The molecule has 2 atom stereocenters. The summed E-state index contributed by atoms with van der Waals surface area (Å²) in [5, 5.41) is -1.12. The molecule has 0 aliphatic carbocycles. The van der Waals surface area contributed by atoms with Crippen molar-refractivity contribution >= 4 is 27.5 Å². The van der Waals surface area contributed by atoms with Gasteiger partial charge in [-0.3, -0.25) is 0 Å². The van der Waals surface area contributed by atoms with E-state index in [0.29, 0.717) is 18.1 Å². The SMILES string of the molecule is CC(C)[C@H](COC(=O)N1CCCC1)[C@H](c1cc(F)ccc1F)S(=O)(=O)c1ccc(Cl)cc1. The highest BCUT2D eigenvalue weighted by Gasteiger charge is 2.40. The highest BCUT2D eigenvalue weighted by molar-refractivity contribution is 7.91. The van der Waals surface area contributed by atoms with Crippen LogP contribution < -0.4 is 0 Å². The van der Waals surface area contributed by atoms with E-state index in [-0.39, 0.29) is 23.0 Å². The Morgan fingerprint density at radius 1 is 1.09 bits per heavy atom. The van der Waals surface area contributed by atoms with Crippen molar-refractivity contribution in [1.29, 1.82) is 0 Å². The second-order valence-corrected chi connectivity index (χ2v) is 10.8. The number of carbonyl (C=O) groups is 1. The molecule has 32 heavy (non-hydrogen) atoms. The number of benzene rings is 2. The third kappa shape index (κ3) is 5.41. The summed E-state index contributed by atoms with van der Waals surface area (Å²) in [6.07, 6.45) is 1.23. The molecule has 0 saturated carbocycles. The molecule has 2 aromatic carbocycles. The van der Waals surface area contributed by atoms with Crippen molar-refractivity contribution in [2.75, 3.05) is 19.7 Å². The molecule has 0 radical (unpaired) electrons. The van der Waals surface area contributed by atoms with E-state index in [0.717, 1.165) is 31.0 Å². The zero-order chi connectivity index (χ0) is 23.5. The van der Waals surface area contributed by atoms with E-state index < -0.39 is 38.7 Å². The van der Waals surface area contributed by atoms with E-state index in [1.165, 1.54) is 24.3 Å². The molecule has 0 unspecified atom stereocenters. The van der Waals surface area contributed by atoms with Crippen LogP contribution in [-0.4, -0.2) is 39.1 Å². The van der Waals surface area contributed by atoms with E-state index in [9.17, 15) is 22.0 Å². The molecule has 2 aromatic rings. The minimum absolute atomic E-state index is 0.0768. The Morgan fingerprint density at radius 3 is 2.31 bits per heavy atom. The fourth-order valence-corrected chi connectivity index (χ4v) is 6.22. The van der Waals surface area contributed by atoms with Gasteiger partial charge in [0.1, 0.15) is 11.6 Å². The number of likely N-dealkylation sites (tertiary alicyclic amines) is 1. The summed E-state index contributed by atoms with van der Waals surface area (Å²) >= 11 is 5.90. The molecule has 0 aromatic heterocycles. The lowest BCUT2D eigenvalue weighted by molar-refractivity contribution is 0.0838. The van der Waals surface area contributed by atoms with Crippen LogP contribution in [0.15, 0.2) is 47.4 Å². The first-order valence-electron chi connectivity index (χ1n) is 10.5. The van der Waals surface area contributed by atoms with Gasteiger partial charge in [-0.25, -0.2) is 22.0 Å². The minimum atomic E-state index is -4.19. The second-order valence-electron chi connectivity index (χ2n) is 8.26. The van der Waals surface area contributed by atoms with Crippen LogP contribution in [0.4, 0.5) is 13.6 Å². The molecule has 174 valence electrons. The Labute approximate surface area is 192 Å². The number of halogens is 3. The van der Waals surface area contributed by atoms with Crippen LogP contribution in [0.2, 0.25) is 5.02 Å². The van der Waals surface area contributed by atoms with Gasteiger partial charge in [0, 0.05) is 29.6 Å². The highest BCUT2D eigenvalue weighted by Crippen LogP contribution is 2.40. The van der Waals surface area contributed by atoms with Gasteiger partial charge < -0.3 is 9.64 Å². The lowest BCUT2D eigenvalue weighted by atomic mass is 9.89. The quantitative estimate of drug-likeness (QED) is 0.509. The molecule has 5 nitrogen and oxygen atoms in total. The summed E-state index contributed by atoms with van der Waals surface area (Å²) < 4.78 is 61.7. The van der Waals surface area contributed by atoms with Crippen LogP contribution in [-0.2, 0) is 14.6 Å². The molecule has 9 heteroatoms. The Balaban J connectivity index is 2.03.